The minimum absolute atomic E-state index is 0.0629. The molecule has 4 aromatic rings. The fourth-order valence-corrected chi connectivity index (χ4v) is 6.14. The number of aryl methyl sites for hydroxylation is 2. The molecule has 1 amide bonds. The predicted molar refractivity (Wildman–Crippen MR) is 158 cm³/mol. The number of benzene rings is 3. The van der Waals surface area contributed by atoms with Crippen molar-refractivity contribution in [3.05, 3.63) is 110 Å². The molecule has 0 bridgehead atoms. The molecule has 0 atom stereocenters. The summed E-state index contributed by atoms with van der Waals surface area (Å²) >= 11 is 18.3. The lowest BCUT2D eigenvalue weighted by Crippen LogP contribution is -2.39. The van der Waals surface area contributed by atoms with Crippen molar-refractivity contribution < 1.29 is 13.2 Å². The summed E-state index contributed by atoms with van der Waals surface area (Å²) in [4.78, 5) is 12.9. The number of rotatable bonds is 8. The summed E-state index contributed by atoms with van der Waals surface area (Å²) in [6.45, 7) is 5.20. The highest BCUT2D eigenvalue weighted by molar-refractivity contribution is 7.92. The van der Waals surface area contributed by atoms with Gasteiger partial charge in [0.1, 0.15) is 6.54 Å². The molecule has 3 aromatic carbocycles. The number of nitrogens with one attached hydrogen (secondary N) is 1. The Bertz CT molecular complexity index is 1630. The molecule has 0 unspecified atom stereocenters. The summed E-state index contributed by atoms with van der Waals surface area (Å²) in [7, 11) is -4.05. The van der Waals surface area contributed by atoms with E-state index >= 15 is 0 Å². The molecular formula is C28H25Cl3N4O3S. The molecule has 39 heavy (non-hydrogen) atoms. The smallest absolute Gasteiger partial charge is 0.264 e. The molecule has 0 radical (unpaired) electrons. The quantitative estimate of drug-likeness (QED) is 0.180. The molecule has 1 aromatic heterocycles. The molecule has 0 fully saturated rings. The standard InChI is InChI=1S/C28H25Cl3N4O3S/c1-18-4-10-27(11-5-18)39(37,38)34(25-8-6-22(29)7-9-25)17-28(36)33-32-16-21-12-19(2)35(20(21)3)26-14-23(30)13-24(31)15-26/h4-16H,17H2,1-3H3,(H,33,36)/b32-16-. The Labute approximate surface area is 242 Å². The molecular weight excluding hydrogens is 579 g/mol. The predicted octanol–water partition coefficient (Wildman–Crippen LogP) is 6.71. The Hall–Kier alpha value is -3.30. The summed E-state index contributed by atoms with van der Waals surface area (Å²) in [5, 5.41) is 5.55. The Balaban J connectivity index is 1.56. The summed E-state index contributed by atoms with van der Waals surface area (Å²) in [5.74, 6) is -0.618. The average Bonchev–Trinajstić information content (AvgIpc) is 3.15. The van der Waals surface area contributed by atoms with Gasteiger partial charge in [-0.1, -0.05) is 52.5 Å². The fourth-order valence-electron chi connectivity index (χ4n) is 4.08. The van der Waals surface area contributed by atoms with Crippen LogP contribution in [0.1, 0.15) is 22.5 Å². The summed E-state index contributed by atoms with van der Waals surface area (Å²) in [5.41, 5.74) is 6.97. The van der Waals surface area contributed by atoms with E-state index < -0.39 is 22.5 Å². The van der Waals surface area contributed by atoms with Crippen LogP contribution in [0.2, 0.25) is 15.1 Å². The lowest BCUT2D eigenvalue weighted by Gasteiger charge is -2.23. The van der Waals surface area contributed by atoms with Gasteiger partial charge in [0.05, 0.1) is 16.8 Å². The average molecular weight is 604 g/mol. The first-order chi connectivity index (χ1) is 18.5. The van der Waals surface area contributed by atoms with E-state index in [1.54, 1.807) is 54.6 Å². The number of amides is 1. The van der Waals surface area contributed by atoms with Gasteiger partial charge in [0.15, 0.2) is 0 Å². The molecule has 11 heteroatoms. The van der Waals surface area contributed by atoms with Crippen molar-refractivity contribution >= 4 is 62.6 Å². The van der Waals surface area contributed by atoms with Gasteiger partial charge >= 0.3 is 0 Å². The zero-order chi connectivity index (χ0) is 28.3. The molecule has 202 valence electrons. The van der Waals surface area contributed by atoms with Gasteiger partial charge in [-0.05, 0) is 81.4 Å². The molecule has 0 aliphatic rings. The highest BCUT2D eigenvalue weighted by Gasteiger charge is 2.27. The third-order valence-corrected chi connectivity index (χ3v) is 8.46. The van der Waals surface area contributed by atoms with Gasteiger partial charge in [-0.2, -0.15) is 5.10 Å². The number of hydrazone groups is 1. The topological polar surface area (TPSA) is 83.8 Å². The molecule has 4 rings (SSSR count). The minimum atomic E-state index is -4.05. The number of hydrogen-bond donors (Lipinski definition) is 1. The van der Waals surface area contributed by atoms with Crippen LogP contribution in [0, 0.1) is 20.8 Å². The minimum Gasteiger partial charge on any atom is -0.318 e. The van der Waals surface area contributed by atoms with E-state index in [1.807, 2.05) is 31.4 Å². The van der Waals surface area contributed by atoms with Crippen LogP contribution in [0.5, 0.6) is 0 Å². The van der Waals surface area contributed by atoms with Gasteiger partial charge in [-0.25, -0.2) is 13.8 Å². The largest absolute Gasteiger partial charge is 0.318 e. The van der Waals surface area contributed by atoms with Crippen LogP contribution < -0.4 is 9.73 Å². The highest BCUT2D eigenvalue weighted by atomic mass is 35.5. The number of anilines is 1. The maximum Gasteiger partial charge on any atom is 0.264 e. The summed E-state index contributed by atoms with van der Waals surface area (Å²) < 4.78 is 30.0. The van der Waals surface area contributed by atoms with E-state index in [2.05, 4.69) is 10.5 Å². The Kier molecular flexibility index (Phi) is 8.71. The zero-order valence-corrected chi connectivity index (χ0v) is 24.4. The lowest BCUT2D eigenvalue weighted by atomic mass is 10.2. The van der Waals surface area contributed by atoms with Crippen LogP contribution in [0.15, 0.2) is 82.8 Å². The van der Waals surface area contributed by atoms with Crippen LogP contribution in [0.4, 0.5) is 5.69 Å². The Morgan fingerprint density at radius 1 is 0.897 bits per heavy atom. The van der Waals surface area contributed by atoms with Crippen LogP contribution >= 0.6 is 34.8 Å². The van der Waals surface area contributed by atoms with Gasteiger partial charge in [-0.15, -0.1) is 0 Å². The van der Waals surface area contributed by atoms with Crippen molar-refractivity contribution in [3.63, 3.8) is 0 Å². The van der Waals surface area contributed by atoms with Crippen LogP contribution in [0.25, 0.3) is 5.69 Å². The van der Waals surface area contributed by atoms with E-state index in [-0.39, 0.29) is 4.90 Å². The maximum absolute atomic E-state index is 13.5. The second-order valence-electron chi connectivity index (χ2n) is 8.88. The van der Waals surface area contributed by atoms with E-state index in [0.29, 0.717) is 20.8 Å². The molecule has 0 spiro atoms. The first kappa shape index (κ1) is 28.7. The van der Waals surface area contributed by atoms with Crippen molar-refractivity contribution in [2.24, 2.45) is 5.10 Å². The number of sulfonamides is 1. The van der Waals surface area contributed by atoms with Crippen molar-refractivity contribution in [3.8, 4) is 5.69 Å². The van der Waals surface area contributed by atoms with E-state index in [1.165, 1.54) is 18.3 Å². The second kappa shape index (κ2) is 11.8. The third kappa shape index (κ3) is 6.65. The normalized spacial score (nSPS) is 11.6. The van der Waals surface area contributed by atoms with E-state index in [0.717, 1.165) is 32.5 Å². The van der Waals surface area contributed by atoms with Gasteiger partial charge in [0.25, 0.3) is 15.9 Å². The Morgan fingerprint density at radius 2 is 1.51 bits per heavy atom. The molecule has 0 saturated carbocycles. The summed E-state index contributed by atoms with van der Waals surface area (Å²) in [6.07, 6.45) is 1.50. The molecule has 0 aliphatic carbocycles. The molecule has 7 nitrogen and oxygen atoms in total. The van der Waals surface area contributed by atoms with Crippen LogP contribution in [-0.2, 0) is 14.8 Å². The van der Waals surface area contributed by atoms with E-state index in [9.17, 15) is 13.2 Å². The second-order valence-corrected chi connectivity index (χ2v) is 12.1. The molecule has 0 saturated heterocycles. The van der Waals surface area contributed by atoms with Crippen LogP contribution in [-0.4, -0.2) is 31.7 Å². The van der Waals surface area contributed by atoms with Gasteiger partial charge in [0.2, 0.25) is 0 Å². The van der Waals surface area contributed by atoms with Gasteiger partial charge in [0, 0.05) is 37.7 Å². The molecule has 1 heterocycles. The van der Waals surface area contributed by atoms with Crippen molar-refractivity contribution in [1.29, 1.82) is 0 Å². The van der Waals surface area contributed by atoms with Gasteiger partial charge < -0.3 is 4.57 Å². The van der Waals surface area contributed by atoms with Crippen molar-refractivity contribution in [2.45, 2.75) is 25.7 Å². The van der Waals surface area contributed by atoms with Crippen molar-refractivity contribution in [2.75, 3.05) is 10.8 Å². The molecule has 0 aliphatic heterocycles. The van der Waals surface area contributed by atoms with Gasteiger partial charge in [-0.3, -0.25) is 9.10 Å². The zero-order valence-electron chi connectivity index (χ0n) is 21.3. The number of hydrogen-bond acceptors (Lipinski definition) is 4. The van der Waals surface area contributed by atoms with Crippen LogP contribution in [0.3, 0.4) is 0 Å². The lowest BCUT2D eigenvalue weighted by molar-refractivity contribution is -0.119. The van der Waals surface area contributed by atoms with Crippen molar-refractivity contribution in [1.82, 2.24) is 9.99 Å². The SMILES string of the molecule is Cc1ccc(S(=O)(=O)N(CC(=O)N/N=C\c2cc(C)n(-c3cc(Cl)cc(Cl)c3)c2C)c2ccc(Cl)cc2)cc1. The monoisotopic (exact) mass is 602 g/mol. The number of aromatic nitrogens is 1. The fraction of sp³-hybridized carbons (Fsp3) is 0.143. The number of halogens is 3. The first-order valence-corrected chi connectivity index (χ1v) is 14.4. The number of nitrogens with zero attached hydrogens (tertiary/aromatic N) is 3. The first-order valence-electron chi connectivity index (χ1n) is 11.8. The maximum atomic E-state index is 13.5. The molecule has 1 N–H and O–H groups in total. The number of carbonyl (C=O) groups is 1. The number of carbonyl (C=O) groups excluding carboxylic acids is 1. The summed E-state index contributed by atoms with van der Waals surface area (Å²) in [6, 6.07) is 19.8. The Morgan fingerprint density at radius 3 is 2.13 bits per heavy atom. The highest BCUT2D eigenvalue weighted by Crippen LogP contribution is 2.27. The van der Waals surface area contributed by atoms with E-state index in [4.69, 9.17) is 34.8 Å². The third-order valence-electron chi connectivity index (χ3n) is 5.98.